The van der Waals surface area contributed by atoms with E-state index in [0.717, 1.165) is 51.2 Å². The molecule has 1 aromatic carbocycles. The molecular formula is C24H20ClN3O3S. The number of carbonyl (C=O) groups is 1. The molecule has 5 rings (SSSR count). The van der Waals surface area contributed by atoms with E-state index in [-0.39, 0.29) is 5.56 Å². The molecule has 1 aliphatic heterocycles. The lowest BCUT2D eigenvalue weighted by Gasteiger charge is -2.23. The number of nitrogens with zero attached hydrogens (tertiary/aromatic N) is 3. The van der Waals surface area contributed by atoms with E-state index in [9.17, 15) is 14.7 Å². The number of fused-ring (bicyclic) bond motifs is 3. The van der Waals surface area contributed by atoms with Crippen molar-refractivity contribution in [2.45, 2.75) is 25.8 Å². The molecule has 0 bridgehead atoms. The number of thiophene rings is 1. The fourth-order valence-electron chi connectivity index (χ4n) is 4.12. The van der Waals surface area contributed by atoms with E-state index >= 15 is 0 Å². The van der Waals surface area contributed by atoms with Crippen LogP contribution in [0.1, 0.15) is 21.7 Å². The summed E-state index contributed by atoms with van der Waals surface area (Å²) in [5.74, 6) is 0. The third-order valence-corrected chi connectivity index (χ3v) is 7.22. The average molecular weight is 466 g/mol. The van der Waals surface area contributed by atoms with Crippen LogP contribution in [0, 0.1) is 0 Å². The van der Waals surface area contributed by atoms with Crippen molar-refractivity contribution in [2.75, 3.05) is 6.54 Å². The van der Waals surface area contributed by atoms with Gasteiger partial charge in [-0.05, 0) is 66.1 Å². The predicted molar refractivity (Wildman–Crippen MR) is 126 cm³/mol. The number of pyridine rings is 2. The van der Waals surface area contributed by atoms with Crippen molar-refractivity contribution in [2.24, 2.45) is 0 Å². The first-order valence-corrected chi connectivity index (χ1v) is 11.5. The van der Waals surface area contributed by atoms with Gasteiger partial charge >= 0.3 is 6.09 Å². The molecule has 6 nitrogen and oxygen atoms in total. The molecule has 8 heteroatoms. The number of aryl methyl sites for hydroxylation is 2. The fraction of sp³-hybridized carbons (Fsp3) is 0.208. The maximum atomic E-state index is 12.8. The third-order valence-electron chi connectivity index (χ3n) is 5.82. The van der Waals surface area contributed by atoms with Crippen molar-refractivity contribution in [3.8, 4) is 5.69 Å². The van der Waals surface area contributed by atoms with Gasteiger partial charge in [0.25, 0.3) is 5.56 Å². The second-order valence-electron chi connectivity index (χ2n) is 7.85. The summed E-state index contributed by atoms with van der Waals surface area (Å²) in [6.07, 6.45) is 4.74. The summed E-state index contributed by atoms with van der Waals surface area (Å²) < 4.78 is 2.72. The van der Waals surface area contributed by atoms with E-state index in [2.05, 4.69) is 4.98 Å². The van der Waals surface area contributed by atoms with E-state index in [1.807, 2.05) is 42.6 Å². The van der Waals surface area contributed by atoms with Gasteiger partial charge in [0.2, 0.25) is 0 Å². The zero-order valence-corrected chi connectivity index (χ0v) is 18.7. The van der Waals surface area contributed by atoms with Crippen molar-refractivity contribution in [1.29, 1.82) is 0 Å². The quantitative estimate of drug-likeness (QED) is 0.464. The summed E-state index contributed by atoms with van der Waals surface area (Å²) in [6.45, 7) is 0.943. The first-order chi connectivity index (χ1) is 15.5. The number of amides is 1. The Morgan fingerprint density at radius 3 is 2.78 bits per heavy atom. The monoisotopic (exact) mass is 465 g/mol. The number of aromatic nitrogens is 2. The average Bonchev–Trinajstić information content (AvgIpc) is 3.15. The number of carboxylic acid groups (broad SMARTS) is 1. The van der Waals surface area contributed by atoms with Gasteiger partial charge in [0.15, 0.2) is 0 Å². The van der Waals surface area contributed by atoms with Crippen molar-refractivity contribution < 1.29 is 9.90 Å². The van der Waals surface area contributed by atoms with Crippen LogP contribution in [0.25, 0.3) is 15.8 Å². The van der Waals surface area contributed by atoms with Crippen LogP contribution in [0.5, 0.6) is 0 Å². The van der Waals surface area contributed by atoms with Crippen molar-refractivity contribution in [1.82, 2.24) is 14.5 Å². The lowest BCUT2D eigenvalue weighted by atomic mass is 10.0. The maximum absolute atomic E-state index is 12.8. The molecule has 1 amide bonds. The van der Waals surface area contributed by atoms with Gasteiger partial charge in [-0.25, -0.2) is 4.79 Å². The van der Waals surface area contributed by atoms with Crippen LogP contribution >= 0.6 is 22.9 Å². The Kier molecular flexibility index (Phi) is 5.45. The predicted octanol–water partition coefficient (Wildman–Crippen LogP) is 4.92. The van der Waals surface area contributed by atoms with Crippen LogP contribution in [0.3, 0.4) is 0 Å². The minimum Gasteiger partial charge on any atom is -0.465 e. The molecule has 3 aromatic heterocycles. The Morgan fingerprint density at radius 2 is 2.03 bits per heavy atom. The second kappa shape index (κ2) is 8.41. The van der Waals surface area contributed by atoms with Crippen molar-refractivity contribution >= 4 is 39.1 Å². The van der Waals surface area contributed by atoms with E-state index in [1.54, 1.807) is 28.2 Å². The molecule has 0 saturated carbocycles. The molecule has 1 N–H and O–H groups in total. The summed E-state index contributed by atoms with van der Waals surface area (Å²) in [4.78, 5) is 30.9. The maximum Gasteiger partial charge on any atom is 0.407 e. The van der Waals surface area contributed by atoms with Crippen LogP contribution in [-0.2, 0) is 25.8 Å². The van der Waals surface area contributed by atoms with E-state index < -0.39 is 6.09 Å². The van der Waals surface area contributed by atoms with E-state index in [0.29, 0.717) is 18.1 Å². The Bertz CT molecular complexity index is 1380. The van der Waals surface area contributed by atoms with E-state index in [1.165, 1.54) is 10.5 Å². The Balaban J connectivity index is 1.38. The van der Waals surface area contributed by atoms with Crippen molar-refractivity contribution in [3.63, 3.8) is 0 Å². The van der Waals surface area contributed by atoms with Crippen molar-refractivity contribution in [3.05, 3.63) is 91.9 Å². The van der Waals surface area contributed by atoms with Crippen LogP contribution in [0.2, 0.25) is 5.02 Å². The summed E-state index contributed by atoms with van der Waals surface area (Å²) in [6, 6.07) is 13.4. The molecule has 1 aliphatic rings. The molecule has 0 atom stereocenters. The van der Waals surface area contributed by atoms with Gasteiger partial charge in [0.1, 0.15) is 0 Å². The zero-order chi connectivity index (χ0) is 22.2. The molecule has 0 saturated heterocycles. The number of rotatable bonds is 4. The van der Waals surface area contributed by atoms with Crippen LogP contribution in [0.4, 0.5) is 4.79 Å². The summed E-state index contributed by atoms with van der Waals surface area (Å²) in [5, 5.41) is 11.0. The van der Waals surface area contributed by atoms with Gasteiger partial charge in [-0.3, -0.25) is 14.3 Å². The molecule has 0 aliphatic carbocycles. The highest BCUT2D eigenvalue weighted by atomic mass is 35.5. The summed E-state index contributed by atoms with van der Waals surface area (Å²) >= 11 is 7.49. The fourth-order valence-corrected chi connectivity index (χ4v) is 5.53. The minimum atomic E-state index is -0.882. The molecule has 32 heavy (non-hydrogen) atoms. The third kappa shape index (κ3) is 4.01. The molecule has 0 spiro atoms. The standard InChI is InChI=1S/C24H20ClN3O3S/c25-16-2-4-17(26-13-16)3-1-15-7-10-28(23(29)11-15)18-5-6-19-20-8-9-27(24(30)31)14-22(20)32-21(19)12-18/h2,4-7,10-13H,1,3,8-9,14H2,(H,30,31). The smallest absolute Gasteiger partial charge is 0.407 e. The Labute approximate surface area is 193 Å². The summed E-state index contributed by atoms with van der Waals surface area (Å²) in [5.41, 5.74) is 3.86. The van der Waals surface area contributed by atoms with Gasteiger partial charge < -0.3 is 10.0 Å². The lowest BCUT2D eigenvalue weighted by Crippen LogP contribution is -2.33. The Morgan fingerprint density at radius 1 is 1.16 bits per heavy atom. The lowest BCUT2D eigenvalue weighted by molar-refractivity contribution is 0.140. The first-order valence-electron chi connectivity index (χ1n) is 10.3. The molecule has 0 radical (unpaired) electrons. The molecule has 0 fully saturated rings. The van der Waals surface area contributed by atoms with Crippen LogP contribution in [-0.4, -0.2) is 32.2 Å². The zero-order valence-electron chi connectivity index (χ0n) is 17.1. The first kappa shape index (κ1) is 20.7. The van der Waals surface area contributed by atoms with Gasteiger partial charge in [0.05, 0.1) is 17.3 Å². The van der Waals surface area contributed by atoms with Crippen LogP contribution in [0.15, 0.2) is 59.7 Å². The largest absolute Gasteiger partial charge is 0.465 e. The van der Waals surface area contributed by atoms with Gasteiger partial charge in [-0.1, -0.05) is 17.7 Å². The molecule has 162 valence electrons. The highest BCUT2D eigenvalue weighted by Crippen LogP contribution is 2.36. The topological polar surface area (TPSA) is 75.4 Å². The number of benzene rings is 1. The second-order valence-corrected chi connectivity index (χ2v) is 9.42. The van der Waals surface area contributed by atoms with Gasteiger partial charge in [0, 0.05) is 40.3 Å². The van der Waals surface area contributed by atoms with Gasteiger partial charge in [-0.15, -0.1) is 11.3 Å². The SMILES string of the molecule is O=C(O)N1CCc2c(sc3cc(-n4ccc(CCc5ccc(Cl)cn5)cc4=O)ccc23)C1. The molecule has 0 unspecified atom stereocenters. The highest BCUT2D eigenvalue weighted by Gasteiger charge is 2.23. The number of hydrogen-bond donors (Lipinski definition) is 1. The highest BCUT2D eigenvalue weighted by molar-refractivity contribution is 7.19. The van der Waals surface area contributed by atoms with E-state index in [4.69, 9.17) is 11.6 Å². The summed E-state index contributed by atoms with van der Waals surface area (Å²) in [7, 11) is 0. The molecule has 4 heterocycles. The molecule has 4 aromatic rings. The molecular weight excluding hydrogens is 446 g/mol. The minimum absolute atomic E-state index is 0.0794. The Hall–Kier alpha value is -3.16. The van der Waals surface area contributed by atoms with Gasteiger partial charge in [-0.2, -0.15) is 0 Å². The van der Waals surface area contributed by atoms with Crippen LogP contribution < -0.4 is 5.56 Å². The number of halogens is 1. The number of hydrogen-bond acceptors (Lipinski definition) is 4. The normalized spacial score (nSPS) is 13.3.